The van der Waals surface area contributed by atoms with Gasteiger partial charge < -0.3 is 4.74 Å². The van der Waals surface area contributed by atoms with Crippen LogP contribution in [-0.4, -0.2) is 16.4 Å². The zero-order valence-corrected chi connectivity index (χ0v) is 8.73. The number of nitrogens with zero attached hydrogens (tertiary/aromatic N) is 2. The van der Waals surface area contributed by atoms with Crippen LogP contribution in [0.4, 0.5) is 22.0 Å². The SMILES string of the molecule is Cn1nc(OC(F)F)c(Br)c1C(F)(F)F. The number of ether oxygens (including phenoxy) is 1. The zero-order valence-electron chi connectivity index (χ0n) is 7.15. The summed E-state index contributed by atoms with van der Waals surface area (Å²) in [5.74, 6) is -0.792. The predicted octanol–water partition coefficient (Wildman–Crippen LogP) is 2.80. The molecule has 1 aromatic rings. The maximum Gasteiger partial charge on any atom is 0.434 e. The Morgan fingerprint density at radius 3 is 2.27 bits per heavy atom. The number of aromatic nitrogens is 2. The highest BCUT2D eigenvalue weighted by Gasteiger charge is 2.39. The molecule has 0 fully saturated rings. The Hall–Kier alpha value is -0.860. The molecule has 3 nitrogen and oxygen atoms in total. The fourth-order valence-electron chi connectivity index (χ4n) is 0.941. The molecule has 1 heterocycles. The van der Waals surface area contributed by atoms with Crippen molar-refractivity contribution in [1.82, 2.24) is 9.78 Å². The molecule has 0 saturated carbocycles. The molecule has 0 aliphatic carbocycles. The van der Waals surface area contributed by atoms with Crippen molar-refractivity contribution in [1.29, 1.82) is 0 Å². The molecule has 0 saturated heterocycles. The molecular weight excluding hydrogens is 291 g/mol. The molecule has 0 spiro atoms. The van der Waals surface area contributed by atoms with Gasteiger partial charge in [0.15, 0.2) is 5.69 Å². The van der Waals surface area contributed by atoms with Crippen LogP contribution in [0.5, 0.6) is 5.88 Å². The van der Waals surface area contributed by atoms with E-state index in [4.69, 9.17) is 0 Å². The van der Waals surface area contributed by atoms with Crippen LogP contribution in [0.25, 0.3) is 0 Å². The van der Waals surface area contributed by atoms with Crippen LogP contribution in [0.1, 0.15) is 5.69 Å². The van der Waals surface area contributed by atoms with E-state index < -0.39 is 28.8 Å². The minimum absolute atomic E-state index is 0.418. The summed E-state index contributed by atoms with van der Waals surface area (Å²) >= 11 is 2.50. The summed E-state index contributed by atoms with van der Waals surface area (Å²) in [5.41, 5.74) is -1.18. The first-order chi connectivity index (χ1) is 6.73. The van der Waals surface area contributed by atoms with Gasteiger partial charge in [0, 0.05) is 7.05 Å². The first-order valence-corrected chi connectivity index (χ1v) is 4.27. The summed E-state index contributed by atoms with van der Waals surface area (Å²) in [6, 6.07) is 0. The lowest BCUT2D eigenvalue weighted by Gasteiger charge is -2.06. The molecule has 9 heteroatoms. The maximum atomic E-state index is 12.3. The van der Waals surface area contributed by atoms with Crippen molar-refractivity contribution < 1.29 is 26.7 Å². The molecule has 0 atom stereocenters. The molecule has 0 aromatic carbocycles. The van der Waals surface area contributed by atoms with Crippen LogP contribution in [0, 0.1) is 0 Å². The monoisotopic (exact) mass is 294 g/mol. The second-order valence-electron chi connectivity index (χ2n) is 2.47. The molecule has 1 rings (SSSR count). The number of alkyl halides is 5. The maximum absolute atomic E-state index is 12.3. The Morgan fingerprint density at radius 1 is 1.40 bits per heavy atom. The highest BCUT2D eigenvalue weighted by atomic mass is 79.9. The molecule has 1 aromatic heterocycles. The van der Waals surface area contributed by atoms with Crippen molar-refractivity contribution in [3.8, 4) is 5.88 Å². The van der Waals surface area contributed by atoms with Crippen molar-refractivity contribution in [3.63, 3.8) is 0 Å². The molecule has 0 N–H and O–H groups in total. The first kappa shape index (κ1) is 12.2. The Morgan fingerprint density at radius 2 is 1.93 bits per heavy atom. The van der Waals surface area contributed by atoms with E-state index >= 15 is 0 Å². The van der Waals surface area contributed by atoms with Crippen LogP contribution in [0.2, 0.25) is 0 Å². The van der Waals surface area contributed by atoms with Crippen LogP contribution in [0.3, 0.4) is 0 Å². The van der Waals surface area contributed by atoms with Crippen molar-refractivity contribution in [2.75, 3.05) is 0 Å². The summed E-state index contributed by atoms with van der Waals surface area (Å²) in [5, 5.41) is 3.16. The van der Waals surface area contributed by atoms with E-state index in [9.17, 15) is 22.0 Å². The van der Waals surface area contributed by atoms with Gasteiger partial charge in [-0.15, -0.1) is 5.10 Å². The lowest BCUT2D eigenvalue weighted by Crippen LogP contribution is -2.12. The summed E-state index contributed by atoms with van der Waals surface area (Å²) in [4.78, 5) is 0. The molecule has 0 unspecified atom stereocenters. The number of aryl methyl sites for hydroxylation is 1. The van der Waals surface area contributed by atoms with Gasteiger partial charge in [-0.2, -0.15) is 22.0 Å². The van der Waals surface area contributed by atoms with E-state index in [0.29, 0.717) is 4.68 Å². The molecule has 86 valence electrons. The minimum Gasteiger partial charge on any atom is -0.414 e. The van der Waals surface area contributed by atoms with Crippen LogP contribution < -0.4 is 4.74 Å². The van der Waals surface area contributed by atoms with Gasteiger partial charge in [0.25, 0.3) is 5.88 Å². The lowest BCUT2D eigenvalue weighted by atomic mass is 10.4. The van der Waals surface area contributed by atoms with Gasteiger partial charge >= 0.3 is 12.8 Å². The topological polar surface area (TPSA) is 27.1 Å². The molecule has 0 aliphatic rings. The standard InChI is InChI=1S/C6H4BrF5N2O/c1-14-3(6(10,11)12)2(7)4(13-14)15-5(8)9/h5H,1H3. The average Bonchev–Trinajstić information content (AvgIpc) is 2.23. The van der Waals surface area contributed by atoms with Crippen molar-refractivity contribution in [3.05, 3.63) is 10.2 Å². The Balaban J connectivity index is 3.15. The quantitative estimate of drug-likeness (QED) is 0.784. The van der Waals surface area contributed by atoms with E-state index in [2.05, 4.69) is 25.8 Å². The third-order valence-electron chi connectivity index (χ3n) is 1.43. The summed E-state index contributed by atoms with van der Waals surface area (Å²) in [6.07, 6.45) is -4.69. The highest BCUT2D eigenvalue weighted by Crippen LogP contribution is 2.39. The second kappa shape index (κ2) is 3.95. The van der Waals surface area contributed by atoms with Crippen LogP contribution in [0.15, 0.2) is 4.47 Å². The fourth-order valence-corrected chi connectivity index (χ4v) is 1.60. The van der Waals surface area contributed by atoms with E-state index in [-0.39, 0.29) is 0 Å². The molecule has 0 amide bonds. The van der Waals surface area contributed by atoms with E-state index in [1.807, 2.05) is 0 Å². The number of hydrogen-bond donors (Lipinski definition) is 0. The predicted molar refractivity (Wildman–Crippen MR) is 42.5 cm³/mol. The summed E-state index contributed by atoms with van der Waals surface area (Å²) in [6.45, 7) is -3.22. The van der Waals surface area contributed by atoms with Gasteiger partial charge in [0.05, 0.1) is 0 Å². The molecule has 0 aliphatic heterocycles. The summed E-state index contributed by atoms with van der Waals surface area (Å²) in [7, 11) is 0.978. The number of halogens is 6. The van der Waals surface area contributed by atoms with E-state index in [1.54, 1.807) is 0 Å². The van der Waals surface area contributed by atoms with Gasteiger partial charge in [-0.25, -0.2) is 0 Å². The molecule has 15 heavy (non-hydrogen) atoms. The molecular formula is C6H4BrF5N2O. The van der Waals surface area contributed by atoms with Crippen molar-refractivity contribution in [2.45, 2.75) is 12.8 Å². The number of hydrogen-bond acceptors (Lipinski definition) is 2. The lowest BCUT2D eigenvalue weighted by molar-refractivity contribution is -0.144. The molecule has 0 bridgehead atoms. The van der Waals surface area contributed by atoms with Gasteiger partial charge in [-0.05, 0) is 15.9 Å². The largest absolute Gasteiger partial charge is 0.434 e. The van der Waals surface area contributed by atoms with Gasteiger partial charge in [-0.1, -0.05) is 0 Å². The van der Waals surface area contributed by atoms with Gasteiger partial charge in [-0.3, -0.25) is 4.68 Å². The Labute approximate surface area is 88.9 Å². The van der Waals surface area contributed by atoms with E-state index in [1.165, 1.54) is 0 Å². The average molecular weight is 295 g/mol. The smallest absolute Gasteiger partial charge is 0.414 e. The van der Waals surface area contributed by atoms with Crippen molar-refractivity contribution >= 4 is 15.9 Å². The van der Waals surface area contributed by atoms with Crippen LogP contribution >= 0.6 is 15.9 Å². The minimum atomic E-state index is -4.69. The highest BCUT2D eigenvalue weighted by molar-refractivity contribution is 9.10. The van der Waals surface area contributed by atoms with Crippen molar-refractivity contribution in [2.24, 2.45) is 7.05 Å². The first-order valence-electron chi connectivity index (χ1n) is 3.48. The van der Waals surface area contributed by atoms with E-state index in [0.717, 1.165) is 7.05 Å². The second-order valence-corrected chi connectivity index (χ2v) is 3.26. The fraction of sp³-hybridized carbons (Fsp3) is 0.500. The molecule has 0 radical (unpaired) electrons. The Kier molecular flexibility index (Phi) is 3.22. The Bertz CT molecular complexity index is 361. The zero-order chi connectivity index (χ0) is 11.8. The third kappa shape index (κ3) is 2.58. The van der Waals surface area contributed by atoms with Crippen LogP contribution in [-0.2, 0) is 13.2 Å². The normalized spacial score (nSPS) is 12.3. The number of rotatable bonds is 2. The van der Waals surface area contributed by atoms with Gasteiger partial charge in [0.1, 0.15) is 4.47 Å². The van der Waals surface area contributed by atoms with Gasteiger partial charge in [0.2, 0.25) is 0 Å². The third-order valence-corrected chi connectivity index (χ3v) is 2.14. The summed E-state index contributed by atoms with van der Waals surface area (Å²) < 4.78 is 64.1.